The molecule has 0 radical (unpaired) electrons. The summed E-state index contributed by atoms with van der Waals surface area (Å²) < 4.78 is 55.2. The summed E-state index contributed by atoms with van der Waals surface area (Å²) in [6, 6.07) is 0.324. The molecule has 148 valence electrons. The Morgan fingerprint density at radius 3 is 2.50 bits per heavy atom. The number of hydrogen-bond donors (Lipinski definition) is 0. The van der Waals surface area contributed by atoms with E-state index in [2.05, 4.69) is 17.0 Å². The van der Waals surface area contributed by atoms with Crippen molar-refractivity contribution in [2.45, 2.75) is 50.1 Å². The largest absolute Gasteiger partial charge is 0.306 e. The van der Waals surface area contributed by atoms with E-state index in [-0.39, 0.29) is 17.4 Å². The number of rotatable bonds is 7. The van der Waals surface area contributed by atoms with Gasteiger partial charge in [0.05, 0.1) is 0 Å². The second-order valence-electron chi connectivity index (χ2n) is 8.08. The van der Waals surface area contributed by atoms with Gasteiger partial charge < -0.3 is 4.90 Å². The molecule has 1 saturated carbocycles. The van der Waals surface area contributed by atoms with Gasteiger partial charge >= 0.3 is 0 Å². The molecule has 1 saturated heterocycles. The summed E-state index contributed by atoms with van der Waals surface area (Å²) in [6.45, 7) is 6.74. The van der Waals surface area contributed by atoms with E-state index in [1.165, 1.54) is 16.6 Å². The number of aromatic nitrogens is 2. The summed E-state index contributed by atoms with van der Waals surface area (Å²) >= 11 is 0. The van der Waals surface area contributed by atoms with Gasteiger partial charge in [-0.2, -0.15) is 9.40 Å². The molecule has 6 nitrogen and oxygen atoms in total. The van der Waals surface area contributed by atoms with Crippen molar-refractivity contribution < 1.29 is 17.2 Å². The highest BCUT2D eigenvalue weighted by molar-refractivity contribution is 7.89. The van der Waals surface area contributed by atoms with Crippen LogP contribution in [0.5, 0.6) is 0 Å². The van der Waals surface area contributed by atoms with Crippen LogP contribution in [0.3, 0.4) is 0 Å². The molecule has 1 aliphatic carbocycles. The van der Waals surface area contributed by atoms with Crippen molar-refractivity contribution in [3.63, 3.8) is 0 Å². The fraction of sp³-hybridized carbons (Fsp3) is 0.824. The average molecular weight is 391 g/mol. The lowest BCUT2D eigenvalue weighted by molar-refractivity contribution is 0.0980. The van der Waals surface area contributed by atoms with Crippen LogP contribution >= 0.6 is 0 Å². The Bertz CT molecular complexity index is 727. The number of halogens is 2. The Labute approximate surface area is 154 Å². The Morgan fingerprint density at radius 2 is 1.96 bits per heavy atom. The van der Waals surface area contributed by atoms with E-state index < -0.39 is 22.0 Å². The van der Waals surface area contributed by atoms with Crippen LogP contribution in [-0.4, -0.2) is 66.6 Å². The zero-order chi connectivity index (χ0) is 19.1. The van der Waals surface area contributed by atoms with Gasteiger partial charge in [-0.15, -0.1) is 0 Å². The third-order valence-corrected chi connectivity index (χ3v) is 6.89. The van der Waals surface area contributed by atoms with Crippen LogP contribution in [0.25, 0.3) is 0 Å². The highest BCUT2D eigenvalue weighted by atomic mass is 32.2. The van der Waals surface area contributed by atoms with Gasteiger partial charge in [0, 0.05) is 25.7 Å². The fourth-order valence-corrected chi connectivity index (χ4v) is 5.06. The van der Waals surface area contributed by atoms with Crippen molar-refractivity contribution in [3.8, 4) is 0 Å². The standard InChI is InChI=1S/C17H28F2N4O2S/c1-13(2)11-22(12-14-4-7-21(3)8-5-14)26(24,25)16-6-9-23(20-16)15-10-17(15,18)19/h6,9,13-15H,4-5,7-8,10-12H2,1-3H3. The third kappa shape index (κ3) is 4.26. The van der Waals surface area contributed by atoms with Crippen molar-refractivity contribution in [2.24, 2.45) is 11.8 Å². The number of likely N-dealkylation sites (tertiary alicyclic amines) is 1. The molecule has 0 aromatic carbocycles. The molecular formula is C17H28F2N4O2S. The summed E-state index contributed by atoms with van der Waals surface area (Å²) in [6.07, 6.45) is 2.99. The predicted molar refractivity (Wildman–Crippen MR) is 94.6 cm³/mol. The maximum atomic E-state index is 13.2. The summed E-state index contributed by atoms with van der Waals surface area (Å²) in [5, 5.41) is 3.84. The molecule has 2 heterocycles. The molecule has 0 amide bonds. The Morgan fingerprint density at radius 1 is 1.35 bits per heavy atom. The first kappa shape index (κ1) is 19.7. The Kier molecular flexibility index (Phi) is 5.43. The van der Waals surface area contributed by atoms with E-state index in [4.69, 9.17) is 0 Å². The molecule has 1 unspecified atom stereocenters. The topological polar surface area (TPSA) is 58.4 Å². The molecule has 2 fully saturated rings. The molecular weight excluding hydrogens is 362 g/mol. The van der Waals surface area contributed by atoms with Crippen molar-refractivity contribution in [1.82, 2.24) is 19.0 Å². The number of sulfonamides is 1. The second-order valence-corrected chi connectivity index (χ2v) is 9.96. The maximum Gasteiger partial charge on any atom is 0.272 e. The molecule has 9 heteroatoms. The van der Waals surface area contributed by atoms with Gasteiger partial charge in [0.1, 0.15) is 6.04 Å². The highest BCUT2D eigenvalue weighted by Crippen LogP contribution is 2.52. The van der Waals surface area contributed by atoms with Gasteiger partial charge in [-0.25, -0.2) is 17.2 Å². The van der Waals surface area contributed by atoms with Gasteiger partial charge in [0.25, 0.3) is 15.9 Å². The molecule has 1 atom stereocenters. The molecule has 0 spiro atoms. The van der Waals surface area contributed by atoms with E-state index in [1.807, 2.05) is 13.8 Å². The van der Waals surface area contributed by atoms with Gasteiger partial charge in [-0.05, 0) is 50.9 Å². The summed E-state index contributed by atoms with van der Waals surface area (Å²) in [5.41, 5.74) is 0. The van der Waals surface area contributed by atoms with E-state index in [0.717, 1.165) is 30.6 Å². The summed E-state index contributed by atoms with van der Waals surface area (Å²) in [4.78, 5) is 2.25. The van der Waals surface area contributed by atoms with Gasteiger partial charge in [0.2, 0.25) is 0 Å². The first-order chi connectivity index (χ1) is 12.1. The fourth-order valence-electron chi connectivity index (χ4n) is 3.46. The molecule has 26 heavy (non-hydrogen) atoms. The molecule has 1 aromatic rings. The molecule has 1 aromatic heterocycles. The maximum absolute atomic E-state index is 13.2. The zero-order valence-corrected chi connectivity index (χ0v) is 16.4. The molecule has 3 rings (SSSR count). The quantitative estimate of drug-likeness (QED) is 0.718. The van der Waals surface area contributed by atoms with E-state index in [1.54, 1.807) is 0 Å². The zero-order valence-electron chi connectivity index (χ0n) is 15.6. The van der Waals surface area contributed by atoms with Crippen LogP contribution in [0.4, 0.5) is 8.78 Å². The number of hydrogen-bond acceptors (Lipinski definition) is 4. The monoisotopic (exact) mass is 390 g/mol. The van der Waals surface area contributed by atoms with Crippen molar-refractivity contribution >= 4 is 10.0 Å². The molecule has 2 aliphatic rings. The lowest BCUT2D eigenvalue weighted by Crippen LogP contribution is -2.41. The van der Waals surface area contributed by atoms with Crippen LogP contribution in [0.1, 0.15) is 39.2 Å². The van der Waals surface area contributed by atoms with Gasteiger partial charge in [-0.3, -0.25) is 4.68 Å². The van der Waals surface area contributed by atoms with Crippen LogP contribution in [0, 0.1) is 11.8 Å². The number of alkyl halides is 2. The molecule has 0 N–H and O–H groups in total. The minimum atomic E-state index is -3.79. The molecule has 1 aliphatic heterocycles. The Hall–Kier alpha value is -1.06. The minimum Gasteiger partial charge on any atom is -0.306 e. The number of piperidine rings is 1. The predicted octanol–water partition coefficient (Wildman–Crippen LogP) is 2.45. The lowest BCUT2D eigenvalue weighted by Gasteiger charge is -2.33. The van der Waals surface area contributed by atoms with Gasteiger partial charge in [0.15, 0.2) is 5.03 Å². The Balaban J connectivity index is 1.76. The molecule has 0 bridgehead atoms. The van der Waals surface area contributed by atoms with E-state index in [0.29, 0.717) is 19.0 Å². The normalized spacial score (nSPS) is 24.5. The number of nitrogens with zero attached hydrogens (tertiary/aromatic N) is 4. The second kappa shape index (κ2) is 7.16. The van der Waals surface area contributed by atoms with Crippen molar-refractivity contribution in [2.75, 3.05) is 33.2 Å². The smallest absolute Gasteiger partial charge is 0.272 e. The van der Waals surface area contributed by atoms with E-state index >= 15 is 0 Å². The van der Waals surface area contributed by atoms with Crippen LogP contribution < -0.4 is 0 Å². The lowest BCUT2D eigenvalue weighted by atomic mass is 9.97. The SMILES string of the molecule is CC(C)CN(CC1CCN(C)CC1)S(=O)(=O)c1ccn(C2CC2(F)F)n1. The van der Waals surface area contributed by atoms with Gasteiger partial charge in [-0.1, -0.05) is 13.8 Å². The average Bonchev–Trinajstić information content (AvgIpc) is 2.97. The van der Waals surface area contributed by atoms with E-state index in [9.17, 15) is 17.2 Å². The van der Waals surface area contributed by atoms with Crippen molar-refractivity contribution in [3.05, 3.63) is 12.3 Å². The first-order valence-electron chi connectivity index (χ1n) is 9.21. The summed E-state index contributed by atoms with van der Waals surface area (Å²) in [5.74, 6) is -2.29. The first-order valence-corrected chi connectivity index (χ1v) is 10.7. The summed E-state index contributed by atoms with van der Waals surface area (Å²) in [7, 11) is -1.72. The third-order valence-electron chi connectivity index (χ3n) is 5.17. The minimum absolute atomic E-state index is 0.131. The van der Waals surface area contributed by atoms with Crippen LogP contribution in [-0.2, 0) is 10.0 Å². The highest BCUT2D eigenvalue weighted by Gasteiger charge is 2.59. The van der Waals surface area contributed by atoms with Crippen LogP contribution in [0.15, 0.2) is 17.3 Å². The van der Waals surface area contributed by atoms with Crippen LogP contribution in [0.2, 0.25) is 0 Å². The van der Waals surface area contributed by atoms with Crippen molar-refractivity contribution in [1.29, 1.82) is 0 Å².